The number of fused-ring (bicyclic) bond motifs is 1. The van der Waals surface area contributed by atoms with E-state index in [1.54, 1.807) is 0 Å². The number of pyridine rings is 1. The number of hydrogen-bond acceptors (Lipinski definition) is 5. The molecular weight excluding hydrogens is 429 g/mol. The minimum atomic E-state index is -4.14. The predicted molar refractivity (Wildman–Crippen MR) is 123 cm³/mol. The van der Waals surface area contributed by atoms with Gasteiger partial charge in [0.1, 0.15) is 0 Å². The fourth-order valence-corrected chi connectivity index (χ4v) is 4.95. The number of ether oxygens (including phenoxy) is 1. The molecule has 0 bridgehead atoms. The molecule has 0 spiro atoms. The molecule has 5 rings (SSSR count). The standard InChI is InChI=1S/C25H29F3N4O/c26-25(27,28)18-31-7-9-32(10-8-31)22-3-1-20(2-4-22)24-23-16-19(15-21(23)5-6-29-24)17-30-11-13-33-14-12-30/h1-6,16H,7-15,17-18H2. The lowest BCUT2D eigenvalue weighted by molar-refractivity contribution is -0.146. The monoisotopic (exact) mass is 458 g/mol. The van der Waals surface area contributed by atoms with E-state index in [1.165, 1.54) is 21.6 Å². The Kier molecular flexibility index (Phi) is 6.40. The lowest BCUT2D eigenvalue weighted by Crippen LogP contribution is -2.49. The van der Waals surface area contributed by atoms with Gasteiger partial charge in [-0.05, 0) is 30.2 Å². The second-order valence-corrected chi connectivity index (χ2v) is 9.03. The largest absolute Gasteiger partial charge is 0.401 e. The molecule has 33 heavy (non-hydrogen) atoms. The molecule has 1 aromatic carbocycles. The van der Waals surface area contributed by atoms with E-state index in [-0.39, 0.29) is 0 Å². The molecule has 8 heteroatoms. The van der Waals surface area contributed by atoms with Gasteiger partial charge in [-0.2, -0.15) is 13.2 Å². The first-order chi connectivity index (χ1) is 15.9. The fourth-order valence-electron chi connectivity index (χ4n) is 4.95. The number of rotatable bonds is 5. The van der Waals surface area contributed by atoms with Gasteiger partial charge >= 0.3 is 6.18 Å². The van der Waals surface area contributed by atoms with Gasteiger partial charge in [-0.1, -0.05) is 23.8 Å². The number of piperazine rings is 1. The second-order valence-electron chi connectivity index (χ2n) is 9.03. The lowest BCUT2D eigenvalue weighted by Gasteiger charge is -2.36. The molecule has 0 N–H and O–H groups in total. The molecule has 0 radical (unpaired) electrons. The number of aromatic nitrogens is 1. The molecule has 5 nitrogen and oxygen atoms in total. The zero-order valence-corrected chi connectivity index (χ0v) is 18.7. The molecule has 0 atom stereocenters. The van der Waals surface area contributed by atoms with Crippen molar-refractivity contribution in [3.05, 3.63) is 53.2 Å². The Labute approximate surface area is 192 Å². The topological polar surface area (TPSA) is 31.8 Å². The highest BCUT2D eigenvalue weighted by Gasteiger charge is 2.32. The van der Waals surface area contributed by atoms with Crippen molar-refractivity contribution in [2.45, 2.75) is 12.6 Å². The Morgan fingerprint density at radius 3 is 2.30 bits per heavy atom. The van der Waals surface area contributed by atoms with E-state index in [1.807, 2.05) is 6.20 Å². The Morgan fingerprint density at radius 2 is 1.61 bits per heavy atom. The maximum Gasteiger partial charge on any atom is 0.401 e. The van der Waals surface area contributed by atoms with E-state index in [9.17, 15) is 13.2 Å². The van der Waals surface area contributed by atoms with Gasteiger partial charge in [0.05, 0.1) is 25.5 Å². The van der Waals surface area contributed by atoms with Gasteiger partial charge < -0.3 is 9.64 Å². The van der Waals surface area contributed by atoms with Crippen molar-refractivity contribution in [2.24, 2.45) is 0 Å². The first-order valence-electron chi connectivity index (χ1n) is 11.6. The molecule has 2 fully saturated rings. The van der Waals surface area contributed by atoms with Gasteiger partial charge in [0.2, 0.25) is 0 Å². The van der Waals surface area contributed by atoms with Crippen LogP contribution in [0.1, 0.15) is 11.1 Å². The van der Waals surface area contributed by atoms with E-state index in [4.69, 9.17) is 4.74 Å². The van der Waals surface area contributed by atoms with Gasteiger partial charge in [-0.3, -0.25) is 14.8 Å². The molecule has 3 heterocycles. The number of benzene rings is 1. The number of morpholine rings is 1. The summed E-state index contributed by atoms with van der Waals surface area (Å²) >= 11 is 0. The summed E-state index contributed by atoms with van der Waals surface area (Å²) in [6, 6.07) is 10.4. The minimum Gasteiger partial charge on any atom is -0.379 e. The summed E-state index contributed by atoms with van der Waals surface area (Å²) in [6.07, 6.45) is 1.00. The van der Waals surface area contributed by atoms with Crippen LogP contribution in [-0.2, 0) is 11.2 Å². The summed E-state index contributed by atoms with van der Waals surface area (Å²) < 4.78 is 43.3. The number of alkyl halides is 3. The van der Waals surface area contributed by atoms with Crippen LogP contribution in [0.25, 0.3) is 17.3 Å². The van der Waals surface area contributed by atoms with Gasteiger partial charge in [0, 0.05) is 68.8 Å². The van der Waals surface area contributed by atoms with Crippen LogP contribution in [0.4, 0.5) is 18.9 Å². The molecule has 0 amide bonds. The molecule has 176 valence electrons. The van der Waals surface area contributed by atoms with Crippen molar-refractivity contribution in [1.82, 2.24) is 14.8 Å². The zero-order valence-electron chi connectivity index (χ0n) is 18.7. The van der Waals surface area contributed by atoms with Crippen LogP contribution in [0.15, 0.2) is 42.1 Å². The lowest BCUT2D eigenvalue weighted by atomic mass is 10.0. The van der Waals surface area contributed by atoms with E-state index in [2.05, 4.69) is 51.2 Å². The van der Waals surface area contributed by atoms with Crippen LogP contribution in [0.3, 0.4) is 0 Å². The molecule has 0 saturated carbocycles. The number of nitrogens with zero attached hydrogens (tertiary/aromatic N) is 4. The van der Waals surface area contributed by atoms with Crippen molar-refractivity contribution < 1.29 is 17.9 Å². The van der Waals surface area contributed by atoms with Crippen LogP contribution in [-0.4, -0.2) is 86.5 Å². The normalized spacial score (nSPS) is 20.1. The first kappa shape index (κ1) is 22.4. The van der Waals surface area contributed by atoms with Gasteiger partial charge in [0.25, 0.3) is 0 Å². The Hall–Kier alpha value is -2.42. The van der Waals surface area contributed by atoms with E-state index >= 15 is 0 Å². The van der Waals surface area contributed by atoms with Gasteiger partial charge in [-0.15, -0.1) is 0 Å². The number of anilines is 1. The molecule has 1 aliphatic carbocycles. The summed E-state index contributed by atoms with van der Waals surface area (Å²) in [5.41, 5.74) is 7.03. The highest BCUT2D eigenvalue weighted by Crippen LogP contribution is 2.33. The Morgan fingerprint density at radius 1 is 0.879 bits per heavy atom. The third-order valence-electron chi connectivity index (χ3n) is 6.66. The maximum absolute atomic E-state index is 12.6. The zero-order chi connectivity index (χ0) is 22.8. The van der Waals surface area contributed by atoms with Crippen molar-refractivity contribution in [2.75, 3.05) is 70.5 Å². The van der Waals surface area contributed by atoms with Crippen LogP contribution in [0.2, 0.25) is 0 Å². The summed E-state index contributed by atoms with van der Waals surface area (Å²) in [5, 5.41) is 0. The Balaban J connectivity index is 1.26. The highest BCUT2D eigenvalue weighted by atomic mass is 19.4. The summed E-state index contributed by atoms with van der Waals surface area (Å²) in [6.45, 7) is 5.74. The van der Waals surface area contributed by atoms with E-state index in [0.717, 1.165) is 56.2 Å². The number of hydrogen-bond donors (Lipinski definition) is 0. The molecule has 1 aromatic heterocycles. The Bertz CT molecular complexity index is 992. The van der Waals surface area contributed by atoms with E-state index < -0.39 is 12.7 Å². The maximum atomic E-state index is 12.6. The molecular formula is C25H29F3N4O. The molecule has 0 unspecified atom stereocenters. The van der Waals surface area contributed by atoms with Crippen molar-refractivity contribution in [1.29, 1.82) is 0 Å². The summed E-state index contributed by atoms with van der Waals surface area (Å²) in [4.78, 5) is 10.8. The van der Waals surface area contributed by atoms with Crippen molar-refractivity contribution >= 4 is 11.8 Å². The third kappa shape index (κ3) is 5.39. The van der Waals surface area contributed by atoms with Crippen LogP contribution in [0.5, 0.6) is 0 Å². The average molecular weight is 459 g/mol. The van der Waals surface area contributed by atoms with E-state index in [0.29, 0.717) is 26.2 Å². The van der Waals surface area contributed by atoms with Gasteiger partial charge in [-0.25, -0.2) is 0 Å². The summed E-state index contributed by atoms with van der Waals surface area (Å²) in [7, 11) is 0. The molecule has 3 aliphatic rings. The van der Waals surface area contributed by atoms with Gasteiger partial charge in [0.15, 0.2) is 0 Å². The van der Waals surface area contributed by atoms with Crippen LogP contribution in [0, 0.1) is 0 Å². The molecule has 2 aliphatic heterocycles. The minimum absolute atomic E-state index is 0.422. The van der Waals surface area contributed by atoms with Crippen molar-refractivity contribution in [3.63, 3.8) is 0 Å². The fraction of sp³-hybridized carbons (Fsp3) is 0.480. The smallest absolute Gasteiger partial charge is 0.379 e. The SMILES string of the molecule is FC(F)(F)CN1CCN(c2ccc(-c3nccc4c3C=C(CN3CCOCC3)C4)cc2)CC1. The van der Waals surface area contributed by atoms with Crippen LogP contribution < -0.4 is 4.90 Å². The second kappa shape index (κ2) is 9.44. The predicted octanol–water partition coefficient (Wildman–Crippen LogP) is 3.70. The quantitative estimate of drug-likeness (QED) is 0.682. The van der Waals surface area contributed by atoms with Crippen LogP contribution >= 0.6 is 0 Å². The van der Waals surface area contributed by atoms with Crippen molar-refractivity contribution in [3.8, 4) is 11.3 Å². The molecule has 2 saturated heterocycles. The number of halogens is 3. The average Bonchev–Trinajstić information content (AvgIpc) is 3.22. The third-order valence-corrected chi connectivity index (χ3v) is 6.66. The highest BCUT2D eigenvalue weighted by molar-refractivity contribution is 5.78. The molecule has 2 aromatic rings. The summed E-state index contributed by atoms with van der Waals surface area (Å²) in [5.74, 6) is 0. The first-order valence-corrected chi connectivity index (χ1v) is 11.6.